The summed E-state index contributed by atoms with van der Waals surface area (Å²) in [6.07, 6.45) is 3.69. The number of likely N-dealkylation sites (tertiary alicyclic amines) is 1. The van der Waals surface area contributed by atoms with Gasteiger partial charge in [0.2, 0.25) is 0 Å². The van der Waals surface area contributed by atoms with Gasteiger partial charge < -0.3 is 19.7 Å². The van der Waals surface area contributed by atoms with E-state index in [2.05, 4.69) is 22.3 Å². The van der Waals surface area contributed by atoms with Crippen LogP contribution in [0.2, 0.25) is 0 Å². The van der Waals surface area contributed by atoms with E-state index in [1.807, 2.05) is 13.1 Å². The molecule has 1 aliphatic heterocycles. The summed E-state index contributed by atoms with van der Waals surface area (Å²) in [6, 6.07) is 6.22. The lowest BCUT2D eigenvalue weighted by Gasteiger charge is -2.31. The lowest BCUT2D eigenvalue weighted by molar-refractivity contribution is 0.185. The Kier molecular flexibility index (Phi) is 6.33. The summed E-state index contributed by atoms with van der Waals surface area (Å²) < 4.78 is 10.6. The Morgan fingerprint density at radius 2 is 1.86 bits per heavy atom. The van der Waals surface area contributed by atoms with Crippen molar-refractivity contribution in [1.29, 1.82) is 0 Å². The Hall–Kier alpha value is -1.26. The highest BCUT2D eigenvalue weighted by molar-refractivity contribution is 5.42. The van der Waals surface area contributed by atoms with E-state index in [4.69, 9.17) is 9.47 Å². The molecular formula is C17H28N2O2. The van der Waals surface area contributed by atoms with E-state index in [0.29, 0.717) is 0 Å². The summed E-state index contributed by atoms with van der Waals surface area (Å²) in [5.74, 6) is 2.48. The van der Waals surface area contributed by atoms with Gasteiger partial charge in [-0.3, -0.25) is 0 Å². The average molecular weight is 292 g/mol. The highest BCUT2D eigenvalue weighted by Crippen LogP contribution is 2.28. The number of nitrogens with one attached hydrogen (secondary N) is 1. The van der Waals surface area contributed by atoms with Crippen molar-refractivity contribution in [3.63, 3.8) is 0 Å². The van der Waals surface area contributed by atoms with E-state index in [0.717, 1.165) is 36.9 Å². The molecule has 1 aromatic rings. The van der Waals surface area contributed by atoms with Crippen LogP contribution in [-0.2, 0) is 6.42 Å². The van der Waals surface area contributed by atoms with Crippen molar-refractivity contribution < 1.29 is 9.47 Å². The number of ether oxygens (including phenoxy) is 2. The Morgan fingerprint density at radius 1 is 1.14 bits per heavy atom. The molecule has 21 heavy (non-hydrogen) atoms. The molecule has 0 spiro atoms. The van der Waals surface area contributed by atoms with Crippen LogP contribution in [0.3, 0.4) is 0 Å². The van der Waals surface area contributed by atoms with E-state index >= 15 is 0 Å². The number of rotatable bonds is 7. The zero-order valence-electron chi connectivity index (χ0n) is 13.5. The Labute approximate surface area is 128 Å². The third-order valence-electron chi connectivity index (χ3n) is 4.36. The maximum atomic E-state index is 5.36. The van der Waals surface area contributed by atoms with E-state index in [1.54, 1.807) is 14.2 Å². The molecule has 1 heterocycles. The molecule has 0 atom stereocenters. The molecule has 0 amide bonds. The molecule has 1 aliphatic rings. The molecule has 1 aromatic carbocycles. The molecule has 1 fully saturated rings. The van der Waals surface area contributed by atoms with Gasteiger partial charge >= 0.3 is 0 Å². The Balaban J connectivity index is 1.81. The van der Waals surface area contributed by atoms with Crippen LogP contribution in [0.5, 0.6) is 11.5 Å². The van der Waals surface area contributed by atoms with E-state index in [1.165, 1.54) is 31.5 Å². The molecule has 0 saturated carbocycles. The summed E-state index contributed by atoms with van der Waals surface area (Å²) in [5, 5.41) is 3.29. The topological polar surface area (TPSA) is 33.7 Å². The van der Waals surface area contributed by atoms with E-state index in [9.17, 15) is 0 Å². The first-order chi connectivity index (χ1) is 10.3. The van der Waals surface area contributed by atoms with Gasteiger partial charge in [0.05, 0.1) is 14.2 Å². The fourth-order valence-electron chi connectivity index (χ4n) is 3.03. The monoisotopic (exact) mass is 292 g/mol. The summed E-state index contributed by atoms with van der Waals surface area (Å²) in [5.41, 5.74) is 1.31. The number of nitrogens with zero attached hydrogens (tertiary/aromatic N) is 1. The third kappa shape index (κ3) is 4.61. The molecule has 0 radical (unpaired) electrons. The van der Waals surface area contributed by atoms with Crippen LogP contribution in [0.15, 0.2) is 18.2 Å². The average Bonchev–Trinajstić information content (AvgIpc) is 2.54. The molecule has 4 nitrogen and oxygen atoms in total. The zero-order valence-corrected chi connectivity index (χ0v) is 13.5. The minimum absolute atomic E-state index is 0.800. The number of hydrogen-bond acceptors (Lipinski definition) is 4. The molecule has 1 saturated heterocycles. The SMILES string of the molecule is CNCC1CCN(CCc2ccc(OC)c(OC)c2)CC1. The van der Waals surface area contributed by atoms with Gasteiger partial charge in [0.25, 0.3) is 0 Å². The normalized spacial score (nSPS) is 16.9. The van der Waals surface area contributed by atoms with Crippen molar-refractivity contribution in [2.24, 2.45) is 5.92 Å². The van der Waals surface area contributed by atoms with Crippen LogP contribution >= 0.6 is 0 Å². The molecule has 0 bridgehead atoms. The third-order valence-corrected chi connectivity index (χ3v) is 4.36. The predicted octanol–water partition coefficient (Wildman–Crippen LogP) is 2.18. The van der Waals surface area contributed by atoms with Crippen molar-refractivity contribution in [2.75, 3.05) is 47.4 Å². The first kappa shape index (κ1) is 16.1. The van der Waals surface area contributed by atoms with Crippen LogP contribution in [0.25, 0.3) is 0 Å². The predicted molar refractivity (Wildman–Crippen MR) is 86.3 cm³/mol. The summed E-state index contributed by atoms with van der Waals surface area (Å²) >= 11 is 0. The molecular weight excluding hydrogens is 264 g/mol. The first-order valence-electron chi connectivity index (χ1n) is 7.84. The van der Waals surface area contributed by atoms with Crippen LogP contribution in [-0.4, -0.2) is 52.3 Å². The lowest BCUT2D eigenvalue weighted by Crippen LogP contribution is -2.37. The highest BCUT2D eigenvalue weighted by atomic mass is 16.5. The Morgan fingerprint density at radius 3 is 2.48 bits per heavy atom. The fraction of sp³-hybridized carbons (Fsp3) is 0.647. The van der Waals surface area contributed by atoms with E-state index < -0.39 is 0 Å². The van der Waals surface area contributed by atoms with Crippen LogP contribution in [0.4, 0.5) is 0 Å². The Bertz CT molecular complexity index is 429. The second-order valence-corrected chi connectivity index (χ2v) is 5.78. The van der Waals surface area contributed by atoms with Crippen molar-refractivity contribution >= 4 is 0 Å². The summed E-state index contributed by atoms with van der Waals surface area (Å²) in [6.45, 7) is 4.73. The number of methoxy groups -OCH3 is 2. The van der Waals surface area contributed by atoms with Gasteiger partial charge in [-0.2, -0.15) is 0 Å². The van der Waals surface area contributed by atoms with Crippen molar-refractivity contribution in [2.45, 2.75) is 19.3 Å². The van der Waals surface area contributed by atoms with Gasteiger partial charge in [-0.25, -0.2) is 0 Å². The van der Waals surface area contributed by atoms with Gasteiger partial charge in [0, 0.05) is 6.54 Å². The standard InChI is InChI=1S/C17H28N2O2/c1-18-13-15-7-10-19(11-8-15)9-6-14-4-5-16(20-2)17(12-14)21-3/h4-5,12,15,18H,6-11,13H2,1-3H3. The van der Waals surface area contributed by atoms with Crippen molar-refractivity contribution in [3.8, 4) is 11.5 Å². The minimum atomic E-state index is 0.800. The van der Waals surface area contributed by atoms with E-state index in [-0.39, 0.29) is 0 Å². The quantitative estimate of drug-likeness (QED) is 0.835. The molecule has 0 aromatic heterocycles. The van der Waals surface area contributed by atoms with Crippen LogP contribution in [0.1, 0.15) is 18.4 Å². The highest BCUT2D eigenvalue weighted by Gasteiger charge is 2.18. The maximum Gasteiger partial charge on any atom is 0.160 e. The molecule has 1 N–H and O–H groups in total. The van der Waals surface area contributed by atoms with Gasteiger partial charge in [0.15, 0.2) is 11.5 Å². The van der Waals surface area contributed by atoms with Crippen molar-refractivity contribution in [1.82, 2.24) is 10.2 Å². The molecule has 4 heteroatoms. The fourth-order valence-corrected chi connectivity index (χ4v) is 3.03. The maximum absolute atomic E-state index is 5.36. The van der Waals surface area contributed by atoms with Gasteiger partial charge in [-0.1, -0.05) is 6.07 Å². The smallest absolute Gasteiger partial charge is 0.160 e. The van der Waals surface area contributed by atoms with Gasteiger partial charge in [-0.15, -0.1) is 0 Å². The largest absolute Gasteiger partial charge is 0.493 e. The molecule has 0 unspecified atom stereocenters. The van der Waals surface area contributed by atoms with Crippen LogP contribution < -0.4 is 14.8 Å². The second-order valence-electron chi connectivity index (χ2n) is 5.78. The molecule has 0 aliphatic carbocycles. The summed E-state index contributed by atoms with van der Waals surface area (Å²) in [7, 11) is 5.41. The van der Waals surface area contributed by atoms with Crippen molar-refractivity contribution in [3.05, 3.63) is 23.8 Å². The van der Waals surface area contributed by atoms with Gasteiger partial charge in [-0.05, 0) is 69.6 Å². The number of hydrogen-bond donors (Lipinski definition) is 1. The summed E-state index contributed by atoms with van der Waals surface area (Å²) in [4.78, 5) is 2.57. The lowest BCUT2D eigenvalue weighted by atomic mass is 9.96. The first-order valence-corrected chi connectivity index (χ1v) is 7.84. The van der Waals surface area contributed by atoms with Crippen LogP contribution in [0, 0.1) is 5.92 Å². The number of piperidine rings is 1. The molecule has 118 valence electrons. The number of benzene rings is 1. The molecule has 2 rings (SSSR count). The second kappa shape index (κ2) is 8.25. The van der Waals surface area contributed by atoms with Gasteiger partial charge in [0.1, 0.15) is 0 Å². The zero-order chi connectivity index (χ0) is 15.1. The minimum Gasteiger partial charge on any atom is -0.493 e.